The van der Waals surface area contributed by atoms with E-state index in [1.165, 1.54) is 77.0 Å². The number of allylic oxidation sites excluding steroid dienone is 8. The van der Waals surface area contributed by atoms with Crippen LogP contribution < -0.4 is 10.6 Å². The minimum atomic E-state index is 0. The maximum absolute atomic E-state index is 10.8. The largest absolute Gasteiger partial charge is 0.360 e. The van der Waals surface area contributed by atoms with Crippen LogP contribution in [0, 0.1) is 9.81 Å². The Kier molecular flexibility index (Phi) is 23.9. The fourth-order valence-corrected chi connectivity index (χ4v) is 4.10. The third-order valence-corrected chi connectivity index (χ3v) is 6.29. The molecule has 0 aromatic heterocycles. The Balaban J connectivity index is 0.000000682. The molecule has 0 saturated carbocycles. The summed E-state index contributed by atoms with van der Waals surface area (Å²) in [5.41, 5.74) is 2.98. The van der Waals surface area contributed by atoms with Gasteiger partial charge in [0.1, 0.15) is 11.4 Å². The zero-order valence-corrected chi connectivity index (χ0v) is 23.9. The molecule has 0 spiro atoms. The molecule has 7 heteroatoms. The molecule has 2 aliphatic rings. The van der Waals surface area contributed by atoms with Gasteiger partial charge in [0.2, 0.25) is 0 Å². The van der Waals surface area contributed by atoms with Crippen molar-refractivity contribution in [3.05, 3.63) is 81.5 Å². The molecule has 0 unspecified atom stereocenters. The van der Waals surface area contributed by atoms with E-state index in [1.54, 1.807) is 0 Å². The third-order valence-electron chi connectivity index (χ3n) is 6.29. The van der Waals surface area contributed by atoms with Gasteiger partial charge in [0.05, 0.1) is 11.4 Å². The van der Waals surface area contributed by atoms with Crippen molar-refractivity contribution in [2.75, 3.05) is 0 Å². The van der Waals surface area contributed by atoms with Gasteiger partial charge in [-0.15, -0.1) is 9.81 Å². The molecule has 6 nitrogen and oxygen atoms in total. The maximum Gasteiger partial charge on any atom is 0.108 e. The van der Waals surface area contributed by atoms with E-state index in [2.05, 4.69) is 34.8 Å². The van der Waals surface area contributed by atoms with E-state index in [4.69, 9.17) is 0 Å². The first kappa shape index (κ1) is 34.8. The molecule has 0 aromatic carbocycles. The quantitative estimate of drug-likeness (QED) is 0.0994. The summed E-state index contributed by atoms with van der Waals surface area (Å²) in [6, 6.07) is 0. The average Bonchev–Trinajstić information content (AvgIpc) is 2.93. The fourth-order valence-electron chi connectivity index (χ4n) is 4.10. The van der Waals surface area contributed by atoms with E-state index in [-0.39, 0.29) is 17.1 Å². The topological polar surface area (TPSA) is 82.9 Å². The van der Waals surface area contributed by atoms with Gasteiger partial charge in [0.15, 0.2) is 0 Å². The van der Waals surface area contributed by atoms with Crippen LogP contribution >= 0.6 is 0 Å². The van der Waals surface area contributed by atoms with E-state index >= 15 is 0 Å². The summed E-state index contributed by atoms with van der Waals surface area (Å²) in [7, 11) is 0. The Bertz CT molecular complexity index is 731. The fraction of sp³-hybridized carbons (Fsp3) is 0.600. The van der Waals surface area contributed by atoms with Gasteiger partial charge < -0.3 is 10.6 Å². The molecular formula is C30H48CuN4O2. The number of unbranched alkanes of at least 4 members (excludes halogenated alkanes) is 12. The number of hydrogen-bond donors (Lipinski definition) is 2. The second-order valence-electron chi connectivity index (χ2n) is 9.37. The monoisotopic (exact) mass is 559 g/mol. The van der Waals surface area contributed by atoms with Crippen molar-refractivity contribution in [2.45, 2.75) is 117 Å². The third kappa shape index (κ3) is 17.8. The first-order valence-corrected chi connectivity index (χ1v) is 14.1. The summed E-state index contributed by atoms with van der Waals surface area (Å²) in [6.07, 6.45) is 34.2. The Labute approximate surface area is 235 Å². The standard InChI is InChI=1S/2C15H24N2O.Cu/c2*1-2-3-4-5-6-7-8-12-15(17-18)14-11-9-10-13-16-14;/h2*9-11,13,16H,2-8,12H2,1H3;. The van der Waals surface area contributed by atoms with Gasteiger partial charge >= 0.3 is 0 Å². The molecule has 2 heterocycles. The molecule has 37 heavy (non-hydrogen) atoms. The van der Waals surface area contributed by atoms with Crippen molar-refractivity contribution in [1.82, 2.24) is 10.6 Å². The van der Waals surface area contributed by atoms with Crippen molar-refractivity contribution in [2.24, 2.45) is 10.4 Å². The Morgan fingerprint density at radius 3 is 1.22 bits per heavy atom. The zero-order chi connectivity index (χ0) is 26.1. The van der Waals surface area contributed by atoms with Crippen LogP contribution in [0.2, 0.25) is 0 Å². The van der Waals surface area contributed by atoms with E-state index in [9.17, 15) is 9.81 Å². The SMILES string of the molecule is CCCCCCCCCC(N=O)=C1C=CC=CN1.CCCCCCCCCC(N=O)=C1C=CC=CN1.[Cu]. The Morgan fingerprint density at radius 2 is 0.919 bits per heavy atom. The first-order valence-electron chi connectivity index (χ1n) is 14.1. The van der Waals surface area contributed by atoms with Crippen molar-refractivity contribution >= 4 is 0 Å². The van der Waals surface area contributed by atoms with Crippen LogP contribution in [0.15, 0.2) is 82.0 Å². The van der Waals surface area contributed by atoms with E-state index in [1.807, 2.05) is 48.9 Å². The molecule has 0 amide bonds. The van der Waals surface area contributed by atoms with E-state index in [0.29, 0.717) is 11.4 Å². The number of hydrogen-bond acceptors (Lipinski definition) is 6. The van der Waals surface area contributed by atoms with Crippen molar-refractivity contribution < 1.29 is 17.1 Å². The molecule has 1 radical (unpaired) electrons. The van der Waals surface area contributed by atoms with E-state index < -0.39 is 0 Å². The van der Waals surface area contributed by atoms with E-state index in [0.717, 1.165) is 37.1 Å². The van der Waals surface area contributed by atoms with Gasteiger partial charge in [-0.2, -0.15) is 0 Å². The number of rotatable bonds is 18. The van der Waals surface area contributed by atoms with Crippen LogP contribution in [0.4, 0.5) is 0 Å². The van der Waals surface area contributed by atoms with Crippen molar-refractivity contribution in [3.8, 4) is 0 Å². The van der Waals surface area contributed by atoms with Gasteiger partial charge in [0.25, 0.3) is 0 Å². The zero-order valence-electron chi connectivity index (χ0n) is 22.9. The smallest absolute Gasteiger partial charge is 0.108 e. The summed E-state index contributed by atoms with van der Waals surface area (Å²) in [4.78, 5) is 21.6. The van der Waals surface area contributed by atoms with Crippen LogP contribution in [-0.4, -0.2) is 0 Å². The second-order valence-corrected chi connectivity index (χ2v) is 9.37. The predicted octanol–water partition coefficient (Wildman–Crippen LogP) is 9.55. The molecule has 0 fully saturated rings. The van der Waals surface area contributed by atoms with Crippen LogP contribution in [0.3, 0.4) is 0 Å². The normalized spacial score (nSPS) is 16.1. The number of nitrogens with one attached hydrogen (secondary N) is 2. The second kappa shape index (κ2) is 25.4. The number of nitroso groups, excluding NO2 is 2. The van der Waals surface area contributed by atoms with Gasteiger partial charge in [-0.05, 0) is 60.3 Å². The van der Waals surface area contributed by atoms with Gasteiger partial charge in [-0.25, -0.2) is 0 Å². The van der Waals surface area contributed by atoms with Crippen LogP contribution in [0.25, 0.3) is 0 Å². The summed E-state index contributed by atoms with van der Waals surface area (Å²) in [6.45, 7) is 4.46. The molecular weight excluding hydrogens is 512 g/mol. The number of nitrogens with zero attached hydrogens (tertiary/aromatic N) is 2. The molecule has 0 saturated heterocycles. The summed E-state index contributed by atoms with van der Waals surface area (Å²) < 4.78 is 0. The Morgan fingerprint density at radius 1 is 0.568 bits per heavy atom. The van der Waals surface area contributed by atoms with Crippen molar-refractivity contribution in [1.29, 1.82) is 0 Å². The number of dihydropyridines is 2. The maximum atomic E-state index is 10.8. The van der Waals surface area contributed by atoms with Crippen LogP contribution in [0.5, 0.6) is 0 Å². The van der Waals surface area contributed by atoms with Gasteiger partial charge in [-0.1, -0.05) is 103 Å². The molecule has 2 rings (SSSR count). The van der Waals surface area contributed by atoms with Crippen LogP contribution in [-0.2, 0) is 17.1 Å². The first-order chi connectivity index (χ1) is 17.8. The average molecular weight is 560 g/mol. The summed E-state index contributed by atoms with van der Waals surface area (Å²) in [5.74, 6) is 0. The Hall–Kier alpha value is -2.24. The predicted molar refractivity (Wildman–Crippen MR) is 154 cm³/mol. The molecule has 2 N–H and O–H groups in total. The van der Waals surface area contributed by atoms with Gasteiger partial charge in [-0.3, -0.25) is 0 Å². The molecule has 211 valence electrons. The molecule has 0 aliphatic carbocycles. The summed E-state index contributed by atoms with van der Waals surface area (Å²) in [5, 5.41) is 12.4. The molecule has 0 aromatic rings. The molecule has 0 bridgehead atoms. The molecule has 0 atom stereocenters. The minimum absolute atomic E-state index is 0. The van der Waals surface area contributed by atoms with Crippen LogP contribution in [0.1, 0.15) is 117 Å². The van der Waals surface area contributed by atoms with Crippen molar-refractivity contribution in [3.63, 3.8) is 0 Å². The van der Waals surface area contributed by atoms with Gasteiger partial charge in [0, 0.05) is 29.5 Å². The minimum Gasteiger partial charge on any atom is -0.360 e. The summed E-state index contributed by atoms with van der Waals surface area (Å²) >= 11 is 0. The molecule has 2 aliphatic heterocycles.